The lowest BCUT2D eigenvalue weighted by Gasteiger charge is -2.09. The normalized spacial score (nSPS) is 10.3. The summed E-state index contributed by atoms with van der Waals surface area (Å²) >= 11 is 0. The lowest BCUT2D eigenvalue weighted by atomic mass is 10.1. The van der Waals surface area contributed by atoms with E-state index in [1.807, 2.05) is 26.0 Å². The largest absolute Gasteiger partial charge is 0.492 e. The van der Waals surface area contributed by atoms with Crippen molar-refractivity contribution in [2.75, 3.05) is 18.9 Å². The summed E-state index contributed by atoms with van der Waals surface area (Å²) in [6.45, 7) is 5.00. The SMILES string of the molecule is CC(C)CC(=O)NCCOc1cccc(N)c1. The first-order valence-electron chi connectivity index (χ1n) is 5.83. The molecule has 1 rings (SSSR count). The van der Waals surface area contributed by atoms with E-state index in [1.165, 1.54) is 0 Å². The van der Waals surface area contributed by atoms with Gasteiger partial charge in [0.25, 0.3) is 0 Å². The number of hydrogen-bond acceptors (Lipinski definition) is 3. The second-order valence-corrected chi connectivity index (χ2v) is 4.37. The van der Waals surface area contributed by atoms with Crippen LogP contribution in [0.25, 0.3) is 0 Å². The highest BCUT2D eigenvalue weighted by Crippen LogP contribution is 2.13. The Kier molecular flexibility index (Phi) is 5.33. The van der Waals surface area contributed by atoms with Crippen molar-refractivity contribution in [2.45, 2.75) is 20.3 Å². The minimum atomic E-state index is 0.0659. The molecular formula is C13H20N2O2. The van der Waals surface area contributed by atoms with Gasteiger partial charge >= 0.3 is 0 Å². The van der Waals surface area contributed by atoms with E-state index in [-0.39, 0.29) is 5.91 Å². The average molecular weight is 236 g/mol. The number of hydrogen-bond donors (Lipinski definition) is 2. The summed E-state index contributed by atoms with van der Waals surface area (Å²) in [6, 6.07) is 7.24. The number of ether oxygens (including phenoxy) is 1. The summed E-state index contributed by atoms with van der Waals surface area (Å²) in [6.07, 6.45) is 0.554. The minimum absolute atomic E-state index is 0.0659. The number of anilines is 1. The fourth-order valence-electron chi connectivity index (χ4n) is 1.41. The van der Waals surface area contributed by atoms with Crippen molar-refractivity contribution in [1.29, 1.82) is 0 Å². The van der Waals surface area contributed by atoms with Gasteiger partial charge in [0.2, 0.25) is 5.91 Å². The van der Waals surface area contributed by atoms with Crippen LogP contribution in [0.5, 0.6) is 5.75 Å². The first-order chi connectivity index (χ1) is 8.08. The molecule has 94 valence electrons. The van der Waals surface area contributed by atoms with Crippen molar-refractivity contribution in [3.8, 4) is 5.75 Å². The maximum Gasteiger partial charge on any atom is 0.220 e. The van der Waals surface area contributed by atoms with Crippen molar-refractivity contribution in [3.05, 3.63) is 24.3 Å². The summed E-state index contributed by atoms with van der Waals surface area (Å²) in [5, 5.41) is 2.80. The number of nitrogens with one attached hydrogen (secondary N) is 1. The van der Waals surface area contributed by atoms with Crippen LogP contribution < -0.4 is 15.8 Å². The van der Waals surface area contributed by atoms with E-state index in [2.05, 4.69) is 5.32 Å². The molecule has 0 unspecified atom stereocenters. The minimum Gasteiger partial charge on any atom is -0.492 e. The zero-order chi connectivity index (χ0) is 12.7. The first kappa shape index (κ1) is 13.4. The van der Waals surface area contributed by atoms with E-state index in [9.17, 15) is 4.79 Å². The van der Waals surface area contributed by atoms with Crippen LogP contribution in [0, 0.1) is 5.92 Å². The Morgan fingerprint density at radius 2 is 2.24 bits per heavy atom. The predicted molar refractivity (Wildman–Crippen MR) is 68.8 cm³/mol. The highest BCUT2D eigenvalue weighted by atomic mass is 16.5. The topological polar surface area (TPSA) is 64.3 Å². The fraction of sp³-hybridized carbons (Fsp3) is 0.462. The van der Waals surface area contributed by atoms with E-state index < -0.39 is 0 Å². The summed E-state index contributed by atoms with van der Waals surface area (Å²) < 4.78 is 5.45. The molecule has 0 spiro atoms. The van der Waals surface area contributed by atoms with Gasteiger partial charge in [-0.05, 0) is 18.1 Å². The number of carbonyl (C=O) groups excluding carboxylic acids is 1. The van der Waals surface area contributed by atoms with Gasteiger partial charge in [-0.25, -0.2) is 0 Å². The number of nitrogen functional groups attached to an aromatic ring is 1. The molecular weight excluding hydrogens is 216 g/mol. The summed E-state index contributed by atoms with van der Waals surface area (Å²) in [7, 11) is 0. The maximum atomic E-state index is 11.3. The third-order valence-electron chi connectivity index (χ3n) is 2.14. The molecule has 0 saturated heterocycles. The Bertz CT molecular complexity index is 364. The van der Waals surface area contributed by atoms with Crippen LogP contribution in [0.1, 0.15) is 20.3 Å². The van der Waals surface area contributed by atoms with E-state index in [0.29, 0.717) is 31.2 Å². The van der Waals surface area contributed by atoms with Gasteiger partial charge in [-0.15, -0.1) is 0 Å². The lowest BCUT2D eigenvalue weighted by molar-refractivity contribution is -0.121. The number of benzene rings is 1. The van der Waals surface area contributed by atoms with Crippen molar-refractivity contribution < 1.29 is 9.53 Å². The van der Waals surface area contributed by atoms with Crippen LogP contribution in [0.15, 0.2) is 24.3 Å². The highest BCUT2D eigenvalue weighted by Gasteiger charge is 2.03. The van der Waals surface area contributed by atoms with Gasteiger partial charge in [0.15, 0.2) is 0 Å². The maximum absolute atomic E-state index is 11.3. The molecule has 0 fully saturated rings. The van der Waals surface area contributed by atoms with Crippen LogP contribution in [0.3, 0.4) is 0 Å². The fourth-order valence-corrected chi connectivity index (χ4v) is 1.41. The molecule has 4 nitrogen and oxygen atoms in total. The van der Waals surface area contributed by atoms with Gasteiger partial charge in [0.1, 0.15) is 12.4 Å². The van der Waals surface area contributed by atoms with Gasteiger partial charge in [-0.1, -0.05) is 19.9 Å². The molecule has 1 aromatic rings. The molecule has 4 heteroatoms. The number of nitrogens with two attached hydrogens (primary N) is 1. The van der Waals surface area contributed by atoms with Crippen LogP contribution in [-0.2, 0) is 4.79 Å². The van der Waals surface area contributed by atoms with Crippen molar-refractivity contribution in [3.63, 3.8) is 0 Å². The molecule has 3 N–H and O–H groups in total. The Morgan fingerprint density at radius 3 is 2.88 bits per heavy atom. The molecule has 0 saturated carbocycles. The second kappa shape index (κ2) is 6.78. The van der Waals surface area contributed by atoms with Gasteiger partial charge in [0, 0.05) is 18.2 Å². The Hall–Kier alpha value is -1.71. The predicted octanol–water partition coefficient (Wildman–Crippen LogP) is 1.81. The quantitative estimate of drug-likeness (QED) is 0.585. The van der Waals surface area contributed by atoms with Gasteiger partial charge in [-0.2, -0.15) is 0 Å². The Balaban J connectivity index is 2.18. The van der Waals surface area contributed by atoms with E-state index in [0.717, 1.165) is 5.75 Å². The Labute approximate surface area is 102 Å². The number of amides is 1. The van der Waals surface area contributed by atoms with E-state index in [1.54, 1.807) is 12.1 Å². The molecule has 0 aliphatic carbocycles. The Morgan fingerprint density at radius 1 is 1.47 bits per heavy atom. The summed E-state index contributed by atoms with van der Waals surface area (Å²) in [5.74, 6) is 1.17. The molecule has 0 heterocycles. The molecule has 0 aliphatic rings. The third kappa shape index (κ3) is 5.80. The first-order valence-corrected chi connectivity index (χ1v) is 5.83. The standard InChI is InChI=1S/C13H20N2O2/c1-10(2)8-13(16)15-6-7-17-12-5-3-4-11(14)9-12/h3-5,9-10H,6-8,14H2,1-2H3,(H,15,16). The smallest absolute Gasteiger partial charge is 0.220 e. The highest BCUT2D eigenvalue weighted by molar-refractivity contribution is 5.75. The molecule has 1 aromatic carbocycles. The van der Waals surface area contributed by atoms with Crippen LogP contribution in [0.4, 0.5) is 5.69 Å². The summed E-state index contributed by atoms with van der Waals surface area (Å²) in [4.78, 5) is 11.3. The molecule has 17 heavy (non-hydrogen) atoms. The second-order valence-electron chi connectivity index (χ2n) is 4.37. The monoisotopic (exact) mass is 236 g/mol. The lowest BCUT2D eigenvalue weighted by Crippen LogP contribution is -2.28. The molecule has 1 amide bonds. The van der Waals surface area contributed by atoms with Gasteiger partial charge in [0.05, 0.1) is 6.54 Å². The van der Waals surface area contributed by atoms with E-state index >= 15 is 0 Å². The molecule has 0 aliphatic heterocycles. The molecule has 0 radical (unpaired) electrons. The van der Waals surface area contributed by atoms with Crippen LogP contribution >= 0.6 is 0 Å². The zero-order valence-corrected chi connectivity index (χ0v) is 10.4. The third-order valence-corrected chi connectivity index (χ3v) is 2.14. The van der Waals surface area contributed by atoms with E-state index in [4.69, 9.17) is 10.5 Å². The molecule has 0 bridgehead atoms. The van der Waals surface area contributed by atoms with Crippen LogP contribution in [-0.4, -0.2) is 19.1 Å². The number of rotatable bonds is 6. The summed E-state index contributed by atoms with van der Waals surface area (Å²) in [5.41, 5.74) is 6.29. The molecule has 0 aromatic heterocycles. The van der Waals surface area contributed by atoms with Crippen molar-refractivity contribution in [2.24, 2.45) is 5.92 Å². The van der Waals surface area contributed by atoms with Crippen molar-refractivity contribution in [1.82, 2.24) is 5.32 Å². The van der Waals surface area contributed by atoms with Crippen LogP contribution in [0.2, 0.25) is 0 Å². The van der Waals surface area contributed by atoms with Gasteiger partial charge < -0.3 is 15.8 Å². The average Bonchev–Trinajstić information content (AvgIpc) is 2.23. The van der Waals surface area contributed by atoms with Gasteiger partial charge in [-0.3, -0.25) is 4.79 Å². The number of carbonyl (C=O) groups is 1. The zero-order valence-electron chi connectivity index (χ0n) is 10.4. The van der Waals surface area contributed by atoms with Crippen molar-refractivity contribution >= 4 is 11.6 Å². The molecule has 0 atom stereocenters.